The molecule has 0 saturated heterocycles. The van der Waals surface area contributed by atoms with E-state index in [2.05, 4.69) is 25.3 Å². The largest absolute Gasteiger partial charge is 0.573 e. The first kappa shape index (κ1) is 28.2. The van der Waals surface area contributed by atoms with E-state index in [1.807, 2.05) is 0 Å². The van der Waals surface area contributed by atoms with Crippen molar-refractivity contribution in [1.29, 1.82) is 0 Å². The molecule has 2 N–H and O–H groups in total. The van der Waals surface area contributed by atoms with Gasteiger partial charge in [0.05, 0.1) is 5.56 Å². The van der Waals surface area contributed by atoms with Crippen molar-refractivity contribution in [1.82, 2.24) is 20.2 Å². The van der Waals surface area contributed by atoms with Crippen LogP contribution >= 0.6 is 11.8 Å². The van der Waals surface area contributed by atoms with Gasteiger partial charge in [0.1, 0.15) is 16.1 Å². The van der Waals surface area contributed by atoms with Crippen molar-refractivity contribution in [3.05, 3.63) is 78.2 Å². The fourth-order valence-corrected chi connectivity index (χ4v) is 3.99. The Morgan fingerprint density at radius 2 is 1.71 bits per heavy atom. The number of benzene rings is 1. The molecule has 1 atom stereocenters. The highest BCUT2D eigenvalue weighted by Gasteiger charge is 2.31. The fraction of sp³-hybridized carbons (Fsp3) is 0.208. The predicted molar refractivity (Wildman–Crippen MR) is 131 cm³/mol. The van der Waals surface area contributed by atoms with E-state index >= 15 is 0 Å². The topological polar surface area (TPSA) is 123 Å². The average molecular weight is 550 g/mol. The summed E-state index contributed by atoms with van der Waals surface area (Å²) >= 11 is 1.06. The highest BCUT2D eigenvalue weighted by molar-refractivity contribution is 7.99. The third kappa shape index (κ3) is 8.65. The number of rotatable bonds is 9. The van der Waals surface area contributed by atoms with Gasteiger partial charge in [-0.1, -0.05) is 11.8 Å². The Morgan fingerprint density at radius 3 is 2.34 bits per heavy atom. The van der Waals surface area contributed by atoms with Crippen LogP contribution in [0.2, 0.25) is 0 Å². The molecule has 1 unspecified atom stereocenters. The molecule has 0 bridgehead atoms. The van der Waals surface area contributed by atoms with Gasteiger partial charge in [-0.25, -0.2) is 9.78 Å². The second kappa shape index (κ2) is 12.8. The molecule has 2 aromatic heterocycles. The number of pyridine rings is 2. The Hall–Kier alpha value is -4.33. The summed E-state index contributed by atoms with van der Waals surface area (Å²) in [5.74, 6) is -1.59. The van der Waals surface area contributed by atoms with E-state index < -0.39 is 42.0 Å². The second-order valence-electron chi connectivity index (χ2n) is 7.68. The minimum Gasteiger partial charge on any atom is -0.439 e. The Morgan fingerprint density at radius 1 is 1.03 bits per heavy atom. The van der Waals surface area contributed by atoms with Crippen molar-refractivity contribution in [3.63, 3.8) is 0 Å². The number of carbonyl (C=O) groups excluding carboxylic acids is 3. The molecule has 3 aromatic rings. The first-order valence-corrected chi connectivity index (χ1v) is 11.7. The highest BCUT2D eigenvalue weighted by atomic mass is 32.2. The number of aromatic nitrogens is 2. The zero-order valence-electron chi connectivity index (χ0n) is 20.1. The second-order valence-corrected chi connectivity index (χ2v) is 8.77. The van der Waals surface area contributed by atoms with Crippen molar-refractivity contribution < 1.29 is 37.0 Å². The molecule has 200 valence electrons. The summed E-state index contributed by atoms with van der Waals surface area (Å²) in [7, 11) is 2.96. The molecule has 1 aromatic carbocycles. The minimum absolute atomic E-state index is 0.153. The van der Waals surface area contributed by atoms with Gasteiger partial charge in [0, 0.05) is 38.4 Å². The van der Waals surface area contributed by atoms with Crippen LogP contribution in [-0.4, -0.2) is 59.8 Å². The number of amides is 3. The smallest absolute Gasteiger partial charge is 0.439 e. The zero-order chi connectivity index (χ0) is 27.7. The summed E-state index contributed by atoms with van der Waals surface area (Å²) < 4.78 is 45.9. The molecular weight excluding hydrogens is 527 g/mol. The van der Waals surface area contributed by atoms with Gasteiger partial charge in [-0.2, -0.15) is 0 Å². The van der Waals surface area contributed by atoms with Crippen LogP contribution in [0.4, 0.5) is 23.7 Å². The molecule has 3 rings (SSSR count). The van der Waals surface area contributed by atoms with Gasteiger partial charge < -0.3 is 25.0 Å². The lowest BCUT2D eigenvalue weighted by Gasteiger charge is -2.20. The summed E-state index contributed by atoms with van der Waals surface area (Å²) in [6, 6.07) is 11.0. The van der Waals surface area contributed by atoms with Crippen LogP contribution in [0.25, 0.3) is 0 Å². The molecule has 0 aliphatic heterocycles. The number of ether oxygens (including phenoxy) is 2. The lowest BCUT2D eigenvalue weighted by Crippen LogP contribution is -2.33. The maximum Gasteiger partial charge on any atom is 0.573 e. The van der Waals surface area contributed by atoms with Crippen molar-refractivity contribution in [2.45, 2.75) is 16.8 Å². The van der Waals surface area contributed by atoms with Gasteiger partial charge in [-0.05, 0) is 54.1 Å². The maximum atomic E-state index is 13.0. The van der Waals surface area contributed by atoms with E-state index in [0.29, 0.717) is 5.56 Å². The summed E-state index contributed by atoms with van der Waals surface area (Å²) in [6.07, 6.45) is -0.998. The fourth-order valence-electron chi connectivity index (χ4n) is 2.87. The van der Waals surface area contributed by atoms with Gasteiger partial charge in [0.2, 0.25) is 0 Å². The van der Waals surface area contributed by atoms with E-state index in [9.17, 15) is 27.6 Å². The van der Waals surface area contributed by atoms with Crippen LogP contribution in [-0.2, 0) is 9.53 Å². The molecule has 10 nitrogen and oxygen atoms in total. The predicted octanol–water partition coefficient (Wildman–Crippen LogP) is 4.23. The van der Waals surface area contributed by atoms with Gasteiger partial charge in [0.15, 0.2) is 6.61 Å². The molecule has 0 spiro atoms. The Kier molecular flexibility index (Phi) is 9.49. The molecule has 0 radical (unpaired) electrons. The Bertz CT molecular complexity index is 1260. The Balaban J connectivity index is 1.75. The molecule has 0 saturated carbocycles. The van der Waals surface area contributed by atoms with Gasteiger partial charge in [-0.3, -0.25) is 14.6 Å². The summed E-state index contributed by atoms with van der Waals surface area (Å²) in [5, 5.41) is 4.86. The van der Waals surface area contributed by atoms with Crippen molar-refractivity contribution >= 4 is 35.4 Å². The van der Waals surface area contributed by atoms with Crippen LogP contribution in [0.1, 0.15) is 21.3 Å². The highest BCUT2D eigenvalue weighted by Crippen LogP contribution is 2.34. The van der Waals surface area contributed by atoms with Crippen molar-refractivity contribution in [2.75, 3.05) is 26.0 Å². The molecule has 2 heterocycles. The zero-order valence-corrected chi connectivity index (χ0v) is 20.9. The molecule has 0 aliphatic rings. The number of halogens is 3. The summed E-state index contributed by atoms with van der Waals surface area (Å²) in [6.45, 7) is -0.525. The van der Waals surface area contributed by atoms with Gasteiger partial charge in [0.25, 0.3) is 11.8 Å². The lowest BCUT2D eigenvalue weighted by molar-refractivity contribution is -0.274. The molecule has 3 amide bonds. The third-order valence-electron chi connectivity index (χ3n) is 4.58. The molecule has 0 aliphatic carbocycles. The normalized spacial score (nSPS) is 11.7. The van der Waals surface area contributed by atoms with E-state index in [-0.39, 0.29) is 16.3 Å². The molecule has 0 fully saturated rings. The van der Waals surface area contributed by atoms with Gasteiger partial charge >= 0.3 is 12.5 Å². The Labute approximate surface area is 219 Å². The van der Waals surface area contributed by atoms with E-state index in [1.165, 1.54) is 55.8 Å². The monoisotopic (exact) mass is 549 g/mol. The summed E-state index contributed by atoms with van der Waals surface area (Å²) in [4.78, 5) is 46.5. The third-order valence-corrected chi connectivity index (χ3v) is 5.76. The van der Waals surface area contributed by atoms with Crippen LogP contribution < -0.4 is 15.4 Å². The molecule has 38 heavy (non-hydrogen) atoms. The number of hydrogen-bond acceptors (Lipinski definition) is 8. The van der Waals surface area contributed by atoms with Crippen LogP contribution in [0.3, 0.4) is 0 Å². The van der Waals surface area contributed by atoms with Crippen molar-refractivity contribution in [3.8, 4) is 5.75 Å². The minimum atomic E-state index is -4.83. The number of thioether (sulfide) groups is 1. The van der Waals surface area contributed by atoms with Crippen LogP contribution in [0, 0.1) is 0 Å². The number of alkyl halides is 3. The first-order valence-electron chi connectivity index (χ1n) is 10.8. The molecular formula is C24H22F3N5O5S. The molecule has 14 heteroatoms. The number of nitrogens with one attached hydrogen (secondary N) is 2. The van der Waals surface area contributed by atoms with Crippen molar-refractivity contribution in [2.24, 2.45) is 0 Å². The summed E-state index contributed by atoms with van der Waals surface area (Å²) in [5.41, 5.74) is 1.01. The standard InChI is InChI=1S/C24H22F3N5O5S/c1-32(2)23(35)36-14-19(33)31-21(15-9-12-28-13-10-15)38-22-18(4-3-11-29-22)20(34)30-16-5-7-17(8-6-16)37-24(25,26)27/h3-13,21H,14H2,1-2H3,(H,30,34)(H,31,33). The number of carbonyl (C=O) groups is 3. The first-order chi connectivity index (χ1) is 18.0. The van der Waals surface area contributed by atoms with Crippen LogP contribution in [0.15, 0.2) is 72.1 Å². The maximum absolute atomic E-state index is 13.0. The lowest BCUT2D eigenvalue weighted by atomic mass is 10.2. The van der Waals surface area contributed by atoms with E-state index in [4.69, 9.17) is 4.74 Å². The van der Waals surface area contributed by atoms with Crippen LogP contribution in [0.5, 0.6) is 5.75 Å². The number of nitrogens with zero attached hydrogens (tertiary/aromatic N) is 3. The van der Waals surface area contributed by atoms with E-state index in [1.54, 1.807) is 18.2 Å². The number of anilines is 1. The quantitative estimate of drug-likeness (QED) is 0.300. The number of hydrogen-bond donors (Lipinski definition) is 2. The van der Waals surface area contributed by atoms with Gasteiger partial charge in [-0.15, -0.1) is 13.2 Å². The SMILES string of the molecule is CN(C)C(=O)OCC(=O)NC(Sc1ncccc1C(=O)Nc1ccc(OC(F)(F)F)cc1)c1ccncc1. The van der Waals surface area contributed by atoms with E-state index in [0.717, 1.165) is 23.9 Å². The average Bonchev–Trinajstić information content (AvgIpc) is 2.88.